The third kappa shape index (κ3) is 4.83. The van der Waals surface area contributed by atoms with Crippen LogP contribution in [0.4, 0.5) is 0 Å². The fourth-order valence-corrected chi connectivity index (χ4v) is 2.79. The summed E-state index contributed by atoms with van der Waals surface area (Å²) in [4.78, 5) is 11.1. The summed E-state index contributed by atoms with van der Waals surface area (Å²) in [7, 11) is -3.74. The van der Waals surface area contributed by atoms with Gasteiger partial charge in [0.05, 0.1) is 12.7 Å². The van der Waals surface area contributed by atoms with Crippen LogP contribution in [-0.4, -0.2) is 43.3 Å². The SMILES string of the molecule is CC(C)OCCNS(=O)(=O)c1cc(C(=O)O)n(C(C)C)c1. The Labute approximate surface area is 125 Å². The van der Waals surface area contributed by atoms with Crippen LogP contribution in [0.25, 0.3) is 0 Å². The van der Waals surface area contributed by atoms with Gasteiger partial charge in [0.2, 0.25) is 10.0 Å². The lowest BCUT2D eigenvalue weighted by atomic mass is 10.3. The fraction of sp³-hybridized carbons (Fsp3) is 0.615. The summed E-state index contributed by atoms with van der Waals surface area (Å²) in [5.41, 5.74) is -0.0520. The minimum absolute atomic E-state index is 0.0233. The predicted molar refractivity (Wildman–Crippen MR) is 78.1 cm³/mol. The molecule has 0 amide bonds. The van der Waals surface area contributed by atoms with Crippen molar-refractivity contribution in [1.82, 2.24) is 9.29 Å². The van der Waals surface area contributed by atoms with E-state index in [4.69, 9.17) is 9.84 Å². The normalized spacial score (nSPS) is 12.3. The lowest BCUT2D eigenvalue weighted by Gasteiger charge is -2.09. The molecule has 0 aromatic carbocycles. The van der Waals surface area contributed by atoms with Gasteiger partial charge in [-0.25, -0.2) is 17.9 Å². The highest BCUT2D eigenvalue weighted by Gasteiger charge is 2.22. The first-order valence-electron chi connectivity index (χ1n) is 6.71. The number of aromatic carboxylic acids is 1. The molecule has 0 spiro atoms. The molecule has 0 atom stereocenters. The van der Waals surface area contributed by atoms with E-state index in [1.807, 2.05) is 13.8 Å². The number of aromatic nitrogens is 1. The van der Waals surface area contributed by atoms with Gasteiger partial charge < -0.3 is 14.4 Å². The molecule has 1 aromatic rings. The molecule has 1 heterocycles. The van der Waals surface area contributed by atoms with E-state index in [9.17, 15) is 13.2 Å². The first kappa shape index (κ1) is 17.7. The van der Waals surface area contributed by atoms with Crippen LogP contribution in [0.3, 0.4) is 0 Å². The summed E-state index contributed by atoms with van der Waals surface area (Å²) in [5.74, 6) is -1.16. The summed E-state index contributed by atoms with van der Waals surface area (Å²) in [6, 6.07) is 1.01. The maximum Gasteiger partial charge on any atom is 0.352 e. The number of carboxylic acid groups (broad SMARTS) is 1. The van der Waals surface area contributed by atoms with Gasteiger partial charge in [-0.3, -0.25) is 0 Å². The molecule has 1 aromatic heterocycles. The van der Waals surface area contributed by atoms with Gasteiger partial charge in [-0.05, 0) is 33.8 Å². The second-order valence-electron chi connectivity index (χ2n) is 5.18. The fourth-order valence-electron chi connectivity index (χ4n) is 1.75. The lowest BCUT2D eigenvalue weighted by molar-refractivity contribution is 0.0683. The number of nitrogens with one attached hydrogen (secondary N) is 1. The Balaban J connectivity index is 2.88. The molecule has 0 saturated heterocycles. The van der Waals surface area contributed by atoms with Crippen molar-refractivity contribution in [3.05, 3.63) is 18.0 Å². The largest absolute Gasteiger partial charge is 0.477 e. The van der Waals surface area contributed by atoms with E-state index in [2.05, 4.69) is 4.72 Å². The van der Waals surface area contributed by atoms with Gasteiger partial charge >= 0.3 is 5.97 Å². The molecule has 7 nitrogen and oxygen atoms in total. The number of carbonyl (C=O) groups is 1. The predicted octanol–water partition coefficient (Wildman–Crippen LogP) is 1.47. The van der Waals surface area contributed by atoms with Crippen molar-refractivity contribution in [3.8, 4) is 0 Å². The van der Waals surface area contributed by atoms with Gasteiger partial charge in [-0.2, -0.15) is 0 Å². The second kappa shape index (κ2) is 7.06. The van der Waals surface area contributed by atoms with E-state index in [1.165, 1.54) is 10.8 Å². The average Bonchev–Trinajstić information content (AvgIpc) is 2.80. The van der Waals surface area contributed by atoms with Crippen molar-refractivity contribution in [2.24, 2.45) is 0 Å². The highest BCUT2D eigenvalue weighted by Crippen LogP contribution is 2.18. The standard InChI is InChI=1S/C13H22N2O5S/c1-9(2)15-8-11(7-12(15)13(16)17)21(18,19)14-5-6-20-10(3)4/h7-10,14H,5-6H2,1-4H3,(H,16,17). The van der Waals surface area contributed by atoms with Gasteiger partial charge in [0.15, 0.2) is 0 Å². The van der Waals surface area contributed by atoms with E-state index in [0.717, 1.165) is 6.07 Å². The molecule has 0 unspecified atom stereocenters. The Morgan fingerprint density at radius 1 is 1.38 bits per heavy atom. The first-order valence-corrected chi connectivity index (χ1v) is 8.20. The molecule has 0 radical (unpaired) electrons. The van der Waals surface area contributed by atoms with Crippen molar-refractivity contribution < 1.29 is 23.1 Å². The number of hydrogen-bond donors (Lipinski definition) is 2. The number of sulfonamides is 1. The Kier molecular flexibility index (Phi) is 5.94. The molecule has 0 aliphatic rings. The maximum atomic E-state index is 12.1. The molecular formula is C13H22N2O5S. The first-order chi connectivity index (χ1) is 9.65. The zero-order chi connectivity index (χ0) is 16.2. The van der Waals surface area contributed by atoms with Gasteiger partial charge in [0.1, 0.15) is 10.6 Å². The average molecular weight is 318 g/mol. The smallest absolute Gasteiger partial charge is 0.352 e. The zero-order valence-electron chi connectivity index (χ0n) is 12.7. The van der Waals surface area contributed by atoms with Crippen molar-refractivity contribution in [2.45, 2.75) is 44.7 Å². The number of hydrogen-bond acceptors (Lipinski definition) is 4. The van der Waals surface area contributed by atoms with Crippen LogP contribution in [0, 0.1) is 0 Å². The zero-order valence-corrected chi connectivity index (χ0v) is 13.5. The highest BCUT2D eigenvalue weighted by atomic mass is 32.2. The van der Waals surface area contributed by atoms with Crippen molar-refractivity contribution in [3.63, 3.8) is 0 Å². The van der Waals surface area contributed by atoms with Crippen molar-refractivity contribution in [1.29, 1.82) is 0 Å². The van der Waals surface area contributed by atoms with Crippen LogP contribution in [0.15, 0.2) is 17.2 Å². The Morgan fingerprint density at radius 3 is 2.43 bits per heavy atom. The van der Waals surface area contributed by atoms with E-state index in [0.29, 0.717) is 0 Å². The molecule has 0 saturated carbocycles. The molecule has 0 fully saturated rings. The molecule has 8 heteroatoms. The summed E-state index contributed by atoms with van der Waals surface area (Å²) >= 11 is 0. The van der Waals surface area contributed by atoms with Gasteiger partial charge in [-0.1, -0.05) is 0 Å². The summed E-state index contributed by atoms with van der Waals surface area (Å²) < 4.78 is 33.3. The summed E-state index contributed by atoms with van der Waals surface area (Å²) in [5, 5.41) is 9.11. The molecule has 21 heavy (non-hydrogen) atoms. The molecule has 1 rings (SSSR count). The number of nitrogens with zero attached hydrogens (tertiary/aromatic N) is 1. The third-order valence-corrected chi connectivity index (χ3v) is 4.18. The number of rotatable bonds is 8. The van der Waals surface area contributed by atoms with Crippen LogP contribution in [0.5, 0.6) is 0 Å². The van der Waals surface area contributed by atoms with Gasteiger partial charge in [0.25, 0.3) is 0 Å². The molecular weight excluding hydrogens is 296 g/mol. The Bertz CT molecular complexity index is 590. The van der Waals surface area contributed by atoms with Crippen molar-refractivity contribution >= 4 is 16.0 Å². The molecule has 120 valence electrons. The van der Waals surface area contributed by atoms with Crippen LogP contribution in [0.1, 0.15) is 44.2 Å². The summed E-state index contributed by atoms with van der Waals surface area (Å²) in [6.07, 6.45) is 1.36. The number of carboxylic acids is 1. The van der Waals surface area contributed by atoms with Crippen LogP contribution >= 0.6 is 0 Å². The monoisotopic (exact) mass is 318 g/mol. The summed E-state index contributed by atoms with van der Waals surface area (Å²) in [6.45, 7) is 7.68. The minimum Gasteiger partial charge on any atom is -0.477 e. The highest BCUT2D eigenvalue weighted by molar-refractivity contribution is 7.89. The van der Waals surface area contributed by atoms with Gasteiger partial charge in [-0.15, -0.1) is 0 Å². The molecule has 0 bridgehead atoms. The number of ether oxygens (including phenoxy) is 1. The Hall–Kier alpha value is -1.38. The maximum absolute atomic E-state index is 12.1. The third-order valence-electron chi connectivity index (χ3n) is 2.75. The van der Waals surface area contributed by atoms with Crippen LogP contribution < -0.4 is 4.72 Å². The van der Waals surface area contributed by atoms with E-state index < -0.39 is 16.0 Å². The topological polar surface area (TPSA) is 97.6 Å². The second-order valence-corrected chi connectivity index (χ2v) is 6.95. The lowest BCUT2D eigenvalue weighted by Crippen LogP contribution is -2.28. The van der Waals surface area contributed by atoms with Crippen LogP contribution in [-0.2, 0) is 14.8 Å². The minimum atomic E-state index is -3.74. The molecule has 2 N–H and O–H groups in total. The van der Waals surface area contributed by atoms with Gasteiger partial charge in [0, 0.05) is 18.8 Å². The molecule has 0 aliphatic carbocycles. The van der Waals surface area contributed by atoms with Crippen molar-refractivity contribution in [2.75, 3.05) is 13.2 Å². The molecule has 0 aliphatic heterocycles. The quantitative estimate of drug-likeness (QED) is 0.707. The Morgan fingerprint density at radius 2 is 2.00 bits per heavy atom. The van der Waals surface area contributed by atoms with E-state index >= 15 is 0 Å². The van der Waals surface area contributed by atoms with Crippen LogP contribution in [0.2, 0.25) is 0 Å². The van der Waals surface area contributed by atoms with E-state index in [-0.39, 0.29) is 35.9 Å². The van der Waals surface area contributed by atoms with E-state index in [1.54, 1.807) is 13.8 Å².